The van der Waals surface area contributed by atoms with Crippen LogP contribution in [0.15, 0.2) is 48.7 Å². The number of nitrogens with zero attached hydrogens (tertiary/aromatic N) is 3. The second-order valence-corrected chi connectivity index (χ2v) is 5.48. The van der Waals surface area contributed by atoms with E-state index in [1.54, 1.807) is 6.20 Å². The molecule has 0 atom stereocenters. The Bertz CT molecular complexity index is 782. The van der Waals surface area contributed by atoms with E-state index in [9.17, 15) is 4.79 Å². The molecule has 0 unspecified atom stereocenters. The number of benzene rings is 1. The highest BCUT2D eigenvalue weighted by atomic mass is 16.2. The van der Waals surface area contributed by atoms with Gasteiger partial charge in [-0.25, -0.2) is 0 Å². The number of fused-ring (bicyclic) bond motifs is 1. The molecule has 0 spiro atoms. The highest BCUT2D eigenvalue weighted by Crippen LogP contribution is 2.17. The fourth-order valence-electron chi connectivity index (χ4n) is 2.66. The van der Waals surface area contributed by atoms with Crippen LogP contribution in [0.5, 0.6) is 0 Å². The lowest BCUT2D eigenvalue weighted by Gasteiger charge is -2.21. The van der Waals surface area contributed by atoms with Crippen LogP contribution in [0.1, 0.15) is 29.5 Å². The van der Waals surface area contributed by atoms with Gasteiger partial charge in [0.15, 0.2) is 5.69 Å². The predicted molar refractivity (Wildman–Crippen MR) is 90.2 cm³/mol. The smallest absolute Gasteiger partial charge is 0.275 e. The molecule has 0 aliphatic carbocycles. The first kappa shape index (κ1) is 15.2. The second-order valence-electron chi connectivity index (χ2n) is 5.48. The molecule has 0 saturated heterocycles. The summed E-state index contributed by atoms with van der Waals surface area (Å²) in [5.41, 5.74) is 2.38. The van der Waals surface area contributed by atoms with E-state index >= 15 is 0 Å². The molecule has 0 bridgehead atoms. The molecule has 5 nitrogen and oxygen atoms in total. The number of hydrogen-bond donors (Lipinski definition) is 1. The van der Waals surface area contributed by atoms with E-state index in [4.69, 9.17) is 0 Å². The van der Waals surface area contributed by atoms with Gasteiger partial charge in [0, 0.05) is 36.8 Å². The summed E-state index contributed by atoms with van der Waals surface area (Å²) in [6.07, 6.45) is 3.44. The number of para-hydroxylation sites is 1. The van der Waals surface area contributed by atoms with Crippen LogP contribution in [0, 0.1) is 0 Å². The van der Waals surface area contributed by atoms with Gasteiger partial charge in [-0.15, -0.1) is 0 Å². The highest BCUT2D eigenvalue weighted by molar-refractivity contribution is 6.04. The third kappa shape index (κ3) is 3.39. The number of hydrogen-bond acceptors (Lipinski definition) is 3. The Labute approximate surface area is 135 Å². The van der Waals surface area contributed by atoms with Crippen molar-refractivity contribution < 1.29 is 4.79 Å². The largest absolute Gasteiger partial charge is 0.337 e. The number of aromatic nitrogens is 3. The summed E-state index contributed by atoms with van der Waals surface area (Å²) in [6.45, 7) is 3.43. The van der Waals surface area contributed by atoms with Gasteiger partial charge in [-0.2, -0.15) is 5.10 Å². The van der Waals surface area contributed by atoms with Gasteiger partial charge < -0.3 is 4.90 Å². The number of pyridine rings is 1. The number of H-pyrrole nitrogens is 1. The Hall–Kier alpha value is -2.69. The van der Waals surface area contributed by atoms with Crippen molar-refractivity contribution in [2.24, 2.45) is 0 Å². The van der Waals surface area contributed by atoms with E-state index in [1.807, 2.05) is 47.4 Å². The molecule has 5 heteroatoms. The molecule has 118 valence electrons. The number of carbonyl (C=O) groups excluding carboxylic acids is 1. The zero-order chi connectivity index (χ0) is 16.1. The first-order chi connectivity index (χ1) is 11.3. The molecule has 23 heavy (non-hydrogen) atoms. The molecule has 2 heterocycles. The first-order valence-electron chi connectivity index (χ1n) is 7.92. The van der Waals surface area contributed by atoms with Crippen molar-refractivity contribution in [3.05, 3.63) is 60.0 Å². The van der Waals surface area contributed by atoms with Gasteiger partial charge in [-0.3, -0.25) is 14.9 Å². The van der Waals surface area contributed by atoms with Crippen LogP contribution in [0.3, 0.4) is 0 Å². The van der Waals surface area contributed by atoms with Crippen molar-refractivity contribution in [2.75, 3.05) is 13.1 Å². The Balaban J connectivity index is 1.78. The van der Waals surface area contributed by atoms with Crippen molar-refractivity contribution in [3.8, 4) is 0 Å². The SMILES string of the molecule is CCCN(CCc1ccccn1)C(=O)c1n[nH]c2ccccc12. The molecule has 0 saturated carbocycles. The molecule has 3 rings (SSSR count). The molecule has 1 N–H and O–H groups in total. The normalized spacial score (nSPS) is 10.8. The minimum Gasteiger partial charge on any atom is -0.337 e. The summed E-state index contributed by atoms with van der Waals surface area (Å²) in [6, 6.07) is 13.6. The lowest BCUT2D eigenvalue weighted by molar-refractivity contribution is 0.0753. The monoisotopic (exact) mass is 308 g/mol. The molecule has 1 amide bonds. The van der Waals surface area contributed by atoms with Gasteiger partial charge in [0.1, 0.15) is 0 Å². The minimum atomic E-state index is -0.0276. The number of aromatic amines is 1. The van der Waals surface area contributed by atoms with Gasteiger partial charge >= 0.3 is 0 Å². The molecule has 0 aliphatic heterocycles. The molecule has 3 aromatic rings. The summed E-state index contributed by atoms with van der Waals surface area (Å²) < 4.78 is 0. The van der Waals surface area contributed by atoms with E-state index in [0.29, 0.717) is 18.8 Å². The quantitative estimate of drug-likeness (QED) is 0.761. The van der Waals surface area contributed by atoms with Gasteiger partial charge in [0.2, 0.25) is 0 Å². The van der Waals surface area contributed by atoms with Gasteiger partial charge in [0.05, 0.1) is 5.52 Å². The summed E-state index contributed by atoms with van der Waals surface area (Å²) in [5.74, 6) is -0.0276. The number of rotatable bonds is 6. The fourth-order valence-corrected chi connectivity index (χ4v) is 2.66. The maximum absolute atomic E-state index is 12.9. The second kappa shape index (κ2) is 7.05. The van der Waals surface area contributed by atoms with E-state index < -0.39 is 0 Å². The van der Waals surface area contributed by atoms with Crippen molar-refractivity contribution in [1.82, 2.24) is 20.1 Å². The average Bonchev–Trinajstić information content (AvgIpc) is 3.03. The van der Waals surface area contributed by atoms with Crippen LogP contribution in [0.25, 0.3) is 10.9 Å². The lowest BCUT2D eigenvalue weighted by Crippen LogP contribution is -2.34. The summed E-state index contributed by atoms with van der Waals surface area (Å²) in [4.78, 5) is 19.0. The Morgan fingerprint density at radius 2 is 1.96 bits per heavy atom. The number of nitrogens with one attached hydrogen (secondary N) is 1. The van der Waals surface area contributed by atoms with Gasteiger partial charge in [0.25, 0.3) is 5.91 Å². The summed E-state index contributed by atoms with van der Waals surface area (Å²) in [5, 5.41) is 8.02. The number of amides is 1. The minimum absolute atomic E-state index is 0.0276. The van der Waals surface area contributed by atoms with Crippen LogP contribution < -0.4 is 0 Å². The molecular formula is C18H20N4O. The van der Waals surface area contributed by atoms with Crippen molar-refractivity contribution in [3.63, 3.8) is 0 Å². The van der Waals surface area contributed by atoms with Crippen molar-refractivity contribution in [2.45, 2.75) is 19.8 Å². The standard InChI is InChI=1S/C18H20N4O/c1-2-12-22(13-10-14-7-5-6-11-19-14)18(23)17-15-8-3-4-9-16(15)20-21-17/h3-9,11H,2,10,12-13H2,1H3,(H,20,21). The molecule has 0 fully saturated rings. The maximum atomic E-state index is 12.9. The first-order valence-corrected chi connectivity index (χ1v) is 7.92. The summed E-state index contributed by atoms with van der Waals surface area (Å²) in [7, 11) is 0. The molecule has 0 aliphatic rings. The third-order valence-corrected chi connectivity index (χ3v) is 3.82. The molecular weight excluding hydrogens is 288 g/mol. The topological polar surface area (TPSA) is 61.9 Å². The molecule has 0 radical (unpaired) electrons. The van der Waals surface area contributed by atoms with Crippen LogP contribution in [-0.2, 0) is 6.42 Å². The van der Waals surface area contributed by atoms with Crippen molar-refractivity contribution >= 4 is 16.8 Å². The van der Waals surface area contributed by atoms with Gasteiger partial charge in [-0.05, 0) is 24.6 Å². The molecule has 2 aromatic heterocycles. The third-order valence-electron chi connectivity index (χ3n) is 3.82. The Morgan fingerprint density at radius 1 is 1.13 bits per heavy atom. The maximum Gasteiger partial charge on any atom is 0.275 e. The van der Waals surface area contributed by atoms with Gasteiger partial charge in [-0.1, -0.05) is 31.2 Å². The van der Waals surface area contributed by atoms with E-state index in [2.05, 4.69) is 22.1 Å². The number of carbonyl (C=O) groups is 1. The lowest BCUT2D eigenvalue weighted by atomic mass is 10.2. The average molecular weight is 308 g/mol. The van der Waals surface area contributed by atoms with Crippen molar-refractivity contribution in [1.29, 1.82) is 0 Å². The zero-order valence-electron chi connectivity index (χ0n) is 13.2. The van der Waals surface area contributed by atoms with Crippen LogP contribution in [0.4, 0.5) is 0 Å². The van der Waals surface area contributed by atoms with E-state index in [1.165, 1.54) is 0 Å². The molecule has 1 aromatic carbocycles. The van der Waals surface area contributed by atoms with Crippen LogP contribution >= 0.6 is 0 Å². The Morgan fingerprint density at radius 3 is 2.74 bits per heavy atom. The fraction of sp³-hybridized carbons (Fsp3) is 0.278. The van der Waals surface area contributed by atoms with Crippen LogP contribution in [-0.4, -0.2) is 39.1 Å². The summed E-state index contributed by atoms with van der Waals surface area (Å²) >= 11 is 0. The van der Waals surface area contributed by atoms with E-state index in [0.717, 1.165) is 29.4 Å². The zero-order valence-corrected chi connectivity index (χ0v) is 13.2. The predicted octanol–water partition coefficient (Wildman–Crippen LogP) is 3.05. The Kier molecular flexibility index (Phi) is 4.66. The van der Waals surface area contributed by atoms with E-state index in [-0.39, 0.29) is 5.91 Å². The van der Waals surface area contributed by atoms with Crippen LogP contribution in [0.2, 0.25) is 0 Å². The highest BCUT2D eigenvalue weighted by Gasteiger charge is 2.20.